The number of hydrogen-bond donors (Lipinski definition) is 3. The van der Waals surface area contributed by atoms with Gasteiger partial charge in [-0.3, -0.25) is 10.3 Å². The van der Waals surface area contributed by atoms with Crippen LogP contribution in [-0.2, 0) is 10.3 Å². The third-order valence-corrected chi connectivity index (χ3v) is 5.52. The van der Waals surface area contributed by atoms with Gasteiger partial charge in [0.1, 0.15) is 5.82 Å². The first kappa shape index (κ1) is 16.1. The molecule has 3 unspecified atom stereocenters. The van der Waals surface area contributed by atoms with Crippen LogP contribution in [0, 0.1) is 11.7 Å². The number of carboxylic acid groups (broad SMARTS) is 1. The fourth-order valence-corrected chi connectivity index (χ4v) is 4.60. The van der Waals surface area contributed by atoms with Gasteiger partial charge in [0.2, 0.25) is 0 Å². The Hall–Kier alpha value is -1.80. The number of fused-ring (bicyclic) bond motifs is 1. The van der Waals surface area contributed by atoms with E-state index in [0.717, 1.165) is 6.42 Å². The molecule has 0 radical (unpaired) electrons. The molecule has 1 aliphatic heterocycles. The minimum atomic E-state index is -1.18. The molecule has 23 heavy (non-hydrogen) atoms. The normalized spacial score (nSPS) is 29.7. The van der Waals surface area contributed by atoms with Gasteiger partial charge in [0.25, 0.3) is 0 Å². The molecule has 1 aliphatic carbocycles. The van der Waals surface area contributed by atoms with Gasteiger partial charge in [-0.1, -0.05) is 11.8 Å². The third-order valence-electron chi connectivity index (χ3n) is 4.49. The second-order valence-electron chi connectivity index (χ2n) is 5.82. The molecule has 1 saturated carbocycles. The number of amides is 1. The van der Waals surface area contributed by atoms with E-state index in [1.54, 1.807) is 13.2 Å². The molecule has 1 fully saturated rings. The highest BCUT2D eigenvalue weighted by Crippen LogP contribution is 2.52. The number of nitrogens with zero attached hydrogens (tertiary/aromatic N) is 1. The van der Waals surface area contributed by atoms with Gasteiger partial charge in [0, 0.05) is 36.5 Å². The Morgan fingerprint density at radius 3 is 3.09 bits per heavy atom. The maximum absolute atomic E-state index is 14.5. The summed E-state index contributed by atoms with van der Waals surface area (Å²) in [4.78, 5) is 15.5. The maximum atomic E-state index is 14.5. The molecule has 0 bridgehead atoms. The summed E-state index contributed by atoms with van der Waals surface area (Å²) in [5.41, 5.74) is 5.86. The van der Waals surface area contributed by atoms with E-state index in [0.29, 0.717) is 23.4 Å². The summed E-state index contributed by atoms with van der Waals surface area (Å²) in [6.07, 6.45) is 0.0233. The van der Waals surface area contributed by atoms with E-state index in [4.69, 9.17) is 15.6 Å². The lowest BCUT2D eigenvalue weighted by Gasteiger charge is -2.36. The van der Waals surface area contributed by atoms with E-state index >= 15 is 0 Å². The van der Waals surface area contributed by atoms with Crippen LogP contribution in [0.2, 0.25) is 0 Å². The van der Waals surface area contributed by atoms with Crippen LogP contribution in [-0.4, -0.2) is 35.3 Å². The smallest absolute Gasteiger partial charge is 0.410 e. The summed E-state index contributed by atoms with van der Waals surface area (Å²) in [7, 11) is 1.62. The van der Waals surface area contributed by atoms with Crippen molar-refractivity contribution in [1.29, 1.82) is 0 Å². The number of benzene rings is 1. The summed E-state index contributed by atoms with van der Waals surface area (Å²) < 4.78 is 20.0. The average Bonchev–Trinajstić information content (AvgIpc) is 2.88. The molecule has 1 amide bonds. The molecular formula is C15H18FN3O3S. The van der Waals surface area contributed by atoms with E-state index in [2.05, 4.69) is 10.3 Å². The van der Waals surface area contributed by atoms with Gasteiger partial charge >= 0.3 is 6.09 Å². The topological polar surface area (TPSA) is 96.9 Å². The van der Waals surface area contributed by atoms with Crippen LogP contribution < -0.4 is 11.1 Å². The van der Waals surface area contributed by atoms with Crippen LogP contribution >= 0.6 is 11.8 Å². The number of hydrogen-bond acceptors (Lipinski definition) is 5. The lowest BCUT2D eigenvalue weighted by Crippen LogP contribution is -2.40. The number of anilines is 1. The fourth-order valence-electron chi connectivity index (χ4n) is 3.45. The van der Waals surface area contributed by atoms with Crippen molar-refractivity contribution >= 4 is 28.7 Å². The molecule has 1 heterocycles. The van der Waals surface area contributed by atoms with Gasteiger partial charge in [-0.25, -0.2) is 9.18 Å². The number of nitrogen functional groups attached to an aromatic ring is 1. The largest absolute Gasteiger partial charge is 0.465 e. The molecule has 3 atom stereocenters. The van der Waals surface area contributed by atoms with Crippen LogP contribution in [0.25, 0.3) is 0 Å². The molecule has 3 rings (SSSR count). The van der Waals surface area contributed by atoms with Gasteiger partial charge in [0.05, 0.1) is 11.6 Å². The number of nitrogens with one attached hydrogen (secondary N) is 1. The number of amidine groups is 1. The average molecular weight is 339 g/mol. The lowest BCUT2D eigenvalue weighted by molar-refractivity contribution is 0.102. The van der Waals surface area contributed by atoms with E-state index in [9.17, 15) is 9.18 Å². The minimum absolute atomic E-state index is 0.0469. The van der Waals surface area contributed by atoms with Crippen molar-refractivity contribution in [3.63, 3.8) is 0 Å². The maximum Gasteiger partial charge on any atom is 0.410 e. The number of halogens is 1. The van der Waals surface area contributed by atoms with Crippen molar-refractivity contribution in [3.8, 4) is 0 Å². The lowest BCUT2D eigenvalue weighted by atomic mass is 9.81. The molecule has 1 aromatic carbocycles. The highest BCUT2D eigenvalue weighted by atomic mass is 32.2. The van der Waals surface area contributed by atoms with Gasteiger partial charge in [-0.05, 0) is 24.6 Å². The highest BCUT2D eigenvalue weighted by molar-refractivity contribution is 8.13. The van der Waals surface area contributed by atoms with E-state index in [1.807, 2.05) is 0 Å². The Morgan fingerprint density at radius 1 is 1.61 bits per heavy atom. The first-order valence-corrected chi connectivity index (χ1v) is 8.24. The van der Waals surface area contributed by atoms with E-state index in [-0.39, 0.29) is 23.0 Å². The van der Waals surface area contributed by atoms with Crippen LogP contribution in [0.3, 0.4) is 0 Å². The van der Waals surface area contributed by atoms with E-state index < -0.39 is 11.6 Å². The Balaban J connectivity index is 2.11. The second kappa shape index (κ2) is 6.01. The molecule has 0 aromatic heterocycles. The zero-order valence-electron chi connectivity index (χ0n) is 12.6. The third kappa shape index (κ3) is 2.88. The predicted molar refractivity (Wildman–Crippen MR) is 87.1 cm³/mol. The quantitative estimate of drug-likeness (QED) is 0.719. The first-order chi connectivity index (χ1) is 10.9. The van der Waals surface area contributed by atoms with Crippen LogP contribution in [0.5, 0.6) is 0 Å². The highest BCUT2D eigenvalue weighted by Gasteiger charge is 2.52. The summed E-state index contributed by atoms with van der Waals surface area (Å²) in [5.74, 6) is 0.326. The molecule has 2 aliphatic rings. The van der Waals surface area contributed by atoms with Crippen LogP contribution in [0.15, 0.2) is 23.2 Å². The zero-order valence-corrected chi connectivity index (χ0v) is 13.4. The summed E-state index contributed by atoms with van der Waals surface area (Å²) >= 11 is 1.33. The molecular weight excluding hydrogens is 321 g/mol. The number of rotatable bonds is 2. The van der Waals surface area contributed by atoms with Gasteiger partial charge in [-0.2, -0.15) is 0 Å². The van der Waals surface area contributed by atoms with Crippen molar-refractivity contribution in [2.24, 2.45) is 10.9 Å². The molecule has 4 N–H and O–H groups in total. The summed E-state index contributed by atoms with van der Waals surface area (Å²) in [6, 6.07) is 4.43. The molecule has 6 nitrogen and oxygen atoms in total. The second-order valence-corrected chi connectivity index (χ2v) is 6.82. The van der Waals surface area contributed by atoms with Crippen molar-refractivity contribution in [2.75, 3.05) is 18.6 Å². The number of ether oxygens (including phenoxy) is 1. The van der Waals surface area contributed by atoms with Crippen molar-refractivity contribution in [3.05, 3.63) is 29.6 Å². The Kier molecular flexibility index (Phi) is 4.20. The number of carbonyl (C=O) groups is 1. The predicted octanol–water partition coefficient (Wildman–Crippen LogP) is 2.40. The SMILES string of the molecule is COC1CC2CSC(NC(=O)O)=NC2(c2cc(N)ccc2F)C1. The van der Waals surface area contributed by atoms with Crippen LogP contribution in [0.4, 0.5) is 14.9 Å². The molecule has 0 saturated heterocycles. The number of aliphatic imine (C=N–C) groups is 1. The van der Waals surface area contributed by atoms with Crippen molar-refractivity contribution in [2.45, 2.75) is 24.5 Å². The fraction of sp³-hybridized carbons (Fsp3) is 0.467. The van der Waals surface area contributed by atoms with E-state index in [1.165, 1.54) is 23.9 Å². The van der Waals surface area contributed by atoms with Gasteiger partial charge in [-0.15, -0.1) is 0 Å². The van der Waals surface area contributed by atoms with Crippen molar-refractivity contribution < 1.29 is 19.0 Å². The Labute approximate surface area is 137 Å². The standard InChI is InChI=1S/C15H18FN3O3S/c1-22-10-4-8-7-23-13(18-14(20)21)19-15(8,6-10)11-5-9(17)2-3-12(11)16/h2-3,5,8,10H,4,6-7,17H2,1H3,(H,18,19)(H,20,21). The van der Waals surface area contributed by atoms with Gasteiger partial charge < -0.3 is 15.6 Å². The Morgan fingerprint density at radius 2 is 2.39 bits per heavy atom. The first-order valence-electron chi connectivity index (χ1n) is 7.25. The van der Waals surface area contributed by atoms with Crippen molar-refractivity contribution in [1.82, 2.24) is 5.32 Å². The minimum Gasteiger partial charge on any atom is -0.465 e. The number of nitrogens with two attached hydrogens (primary N) is 1. The van der Waals surface area contributed by atoms with Gasteiger partial charge in [0.15, 0.2) is 5.17 Å². The molecule has 124 valence electrons. The molecule has 1 aromatic rings. The Bertz CT molecular complexity index is 669. The zero-order chi connectivity index (χ0) is 16.6. The summed E-state index contributed by atoms with van der Waals surface area (Å²) in [6.45, 7) is 0. The van der Waals surface area contributed by atoms with Crippen LogP contribution in [0.1, 0.15) is 18.4 Å². The molecule has 8 heteroatoms. The number of methoxy groups -OCH3 is 1. The summed E-state index contributed by atoms with van der Waals surface area (Å²) in [5, 5.41) is 11.5. The monoisotopic (exact) mass is 339 g/mol. The molecule has 0 spiro atoms. The number of thioether (sulfide) groups is 1.